The number of aliphatic hydroxyl groups is 14. The molecule has 0 unspecified atom stereocenters. The zero-order chi connectivity index (χ0) is 33.3. The van der Waals surface area contributed by atoms with E-state index >= 15 is 0 Å². The van der Waals surface area contributed by atoms with Crippen LogP contribution in [0, 0.1) is 0 Å². The van der Waals surface area contributed by atoms with E-state index in [9.17, 15) is 66.4 Å². The number of hydrogen-bond donors (Lipinski definition) is 14. The van der Waals surface area contributed by atoms with E-state index in [2.05, 4.69) is 0 Å². The molecule has 0 aromatic rings. The molecule has 0 spiro atoms. The van der Waals surface area contributed by atoms with Crippen molar-refractivity contribution in [3.63, 3.8) is 0 Å². The van der Waals surface area contributed by atoms with Gasteiger partial charge < -0.3 is 105 Å². The third-order valence-electron chi connectivity index (χ3n) is 8.18. The van der Waals surface area contributed by atoms with E-state index in [1.54, 1.807) is 0 Å². The number of rotatable bonds is 14. The van der Waals surface area contributed by atoms with Crippen LogP contribution in [-0.4, -0.2) is 221 Å². The van der Waals surface area contributed by atoms with Crippen molar-refractivity contribution in [3.8, 4) is 0 Å². The van der Waals surface area contributed by atoms with Crippen molar-refractivity contribution in [2.45, 2.75) is 123 Å². The maximum atomic E-state index is 10.6. The van der Waals surface area contributed by atoms with E-state index in [4.69, 9.17) is 38.3 Å². The molecule has 0 bridgehead atoms. The van der Waals surface area contributed by atoms with Crippen molar-refractivity contribution >= 4 is 0 Å². The van der Waals surface area contributed by atoms with Crippen molar-refractivity contribution in [3.05, 3.63) is 0 Å². The largest absolute Gasteiger partial charge is 0.394 e. The first kappa shape index (κ1) is 37.0. The fourth-order valence-electron chi connectivity index (χ4n) is 5.57. The standard InChI is InChI=1S/C24H42O21/c25-1-5(29)17-10(31)14(35)22(43-17)40-7(3-27)19-12(33)16(37)24(45-19)41-8(4-28)20-11(32)15(36)23(44-20)39-6(2-26)18-9(30)13(34)21(38)42-18/h5-38H,1-4H2/t5-,6-,7-,8-,9-,10-,11-,12-,13-,14-,15-,16-,17+,18+,19+,20+,21-,22-,23-,24-/m1/s1. The molecule has 4 saturated heterocycles. The van der Waals surface area contributed by atoms with Crippen LogP contribution >= 0.6 is 0 Å². The summed E-state index contributed by atoms with van der Waals surface area (Å²) in [7, 11) is 0. The molecule has 0 radical (unpaired) electrons. The lowest BCUT2D eigenvalue weighted by molar-refractivity contribution is -0.268. The van der Waals surface area contributed by atoms with Crippen molar-refractivity contribution in [1.29, 1.82) is 0 Å². The van der Waals surface area contributed by atoms with Gasteiger partial charge in [0.1, 0.15) is 97.7 Å². The fraction of sp³-hybridized carbons (Fsp3) is 1.00. The first-order chi connectivity index (χ1) is 21.3. The molecule has 21 heteroatoms. The fourth-order valence-corrected chi connectivity index (χ4v) is 5.57. The van der Waals surface area contributed by atoms with E-state index in [-0.39, 0.29) is 0 Å². The summed E-state index contributed by atoms with van der Waals surface area (Å²) in [5.74, 6) is 0. The minimum Gasteiger partial charge on any atom is -0.394 e. The highest BCUT2D eigenvalue weighted by Gasteiger charge is 2.55. The molecule has 4 fully saturated rings. The average molecular weight is 667 g/mol. The van der Waals surface area contributed by atoms with Gasteiger partial charge in [-0.25, -0.2) is 0 Å². The quantitative estimate of drug-likeness (QED) is 0.0818. The van der Waals surface area contributed by atoms with Gasteiger partial charge in [0.05, 0.1) is 26.4 Å². The van der Waals surface area contributed by atoms with Crippen LogP contribution in [0.4, 0.5) is 0 Å². The molecule has 14 N–H and O–H groups in total. The molecule has 264 valence electrons. The summed E-state index contributed by atoms with van der Waals surface area (Å²) in [4.78, 5) is 0. The first-order valence-corrected chi connectivity index (χ1v) is 14.1. The monoisotopic (exact) mass is 666 g/mol. The second kappa shape index (κ2) is 15.6. The van der Waals surface area contributed by atoms with Crippen LogP contribution in [0.1, 0.15) is 0 Å². The molecule has 4 aliphatic rings. The topological polar surface area (TPSA) is 348 Å². The molecule has 0 amide bonds. The zero-order valence-electron chi connectivity index (χ0n) is 23.5. The maximum Gasteiger partial charge on any atom is 0.187 e. The predicted octanol–water partition coefficient (Wildman–Crippen LogP) is -9.75. The van der Waals surface area contributed by atoms with Crippen LogP contribution in [0.25, 0.3) is 0 Å². The molecule has 4 heterocycles. The molecule has 20 atom stereocenters. The van der Waals surface area contributed by atoms with Gasteiger partial charge in [0, 0.05) is 0 Å². The van der Waals surface area contributed by atoms with E-state index in [0.29, 0.717) is 0 Å². The van der Waals surface area contributed by atoms with Crippen molar-refractivity contribution in [2.75, 3.05) is 26.4 Å². The number of aliphatic hydroxyl groups excluding tert-OH is 14. The van der Waals surface area contributed by atoms with Crippen LogP contribution in [0.5, 0.6) is 0 Å². The molecular formula is C24H42O21. The Morgan fingerprint density at radius 2 is 0.711 bits per heavy atom. The van der Waals surface area contributed by atoms with Crippen LogP contribution in [0.3, 0.4) is 0 Å². The molecule has 21 nitrogen and oxygen atoms in total. The summed E-state index contributed by atoms with van der Waals surface area (Å²) in [6.45, 7) is -3.48. The summed E-state index contributed by atoms with van der Waals surface area (Å²) in [6.07, 6.45) is -33.5. The van der Waals surface area contributed by atoms with Crippen LogP contribution in [-0.2, 0) is 33.2 Å². The Morgan fingerprint density at radius 3 is 1.02 bits per heavy atom. The van der Waals surface area contributed by atoms with Crippen molar-refractivity contribution < 1.29 is 105 Å². The van der Waals surface area contributed by atoms with Crippen molar-refractivity contribution in [2.24, 2.45) is 0 Å². The van der Waals surface area contributed by atoms with E-state index in [1.165, 1.54) is 0 Å². The zero-order valence-corrected chi connectivity index (χ0v) is 23.5. The highest BCUT2D eigenvalue weighted by atomic mass is 16.8. The Bertz CT molecular complexity index is 918. The summed E-state index contributed by atoms with van der Waals surface area (Å²) in [5.41, 5.74) is 0. The molecule has 0 aromatic carbocycles. The molecule has 4 rings (SSSR count). The van der Waals surface area contributed by atoms with Crippen molar-refractivity contribution in [1.82, 2.24) is 0 Å². The van der Waals surface area contributed by atoms with Gasteiger partial charge in [-0.05, 0) is 0 Å². The summed E-state index contributed by atoms with van der Waals surface area (Å²) in [5, 5.41) is 141. The van der Waals surface area contributed by atoms with Gasteiger partial charge in [-0.2, -0.15) is 0 Å². The highest BCUT2D eigenvalue weighted by molar-refractivity contribution is 4.98. The Balaban J connectivity index is 1.38. The lowest BCUT2D eigenvalue weighted by atomic mass is 10.0. The molecular weight excluding hydrogens is 624 g/mol. The minimum atomic E-state index is -1.86. The smallest absolute Gasteiger partial charge is 0.187 e. The Hall–Kier alpha value is -0.840. The lowest BCUT2D eigenvalue weighted by Gasteiger charge is -2.29. The lowest BCUT2D eigenvalue weighted by Crippen LogP contribution is -2.46. The Labute approximate surface area is 254 Å². The Kier molecular flexibility index (Phi) is 12.8. The maximum absolute atomic E-state index is 10.6. The van der Waals surface area contributed by atoms with Crippen LogP contribution in [0.2, 0.25) is 0 Å². The molecule has 0 aliphatic carbocycles. The van der Waals surface area contributed by atoms with E-state index in [0.717, 1.165) is 0 Å². The molecule has 4 aliphatic heterocycles. The summed E-state index contributed by atoms with van der Waals surface area (Å²) < 4.78 is 37.6. The number of ether oxygens (including phenoxy) is 7. The van der Waals surface area contributed by atoms with Gasteiger partial charge in [0.25, 0.3) is 0 Å². The normalized spacial score (nSPS) is 48.1. The molecule has 45 heavy (non-hydrogen) atoms. The Morgan fingerprint density at radius 1 is 0.400 bits per heavy atom. The van der Waals surface area contributed by atoms with Gasteiger partial charge >= 0.3 is 0 Å². The summed E-state index contributed by atoms with van der Waals surface area (Å²) in [6, 6.07) is 0. The third-order valence-corrected chi connectivity index (χ3v) is 8.18. The van der Waals surface area contributed by atoms with Gasteiger partial charge in [-0.15, -0.1) is 0 Å². The SMILES string of the molecule is OC[C@@H](O)[C@@H]1O[C@@H](O[C@H](CO)[C@@H]2O[C@@H](O[C@H](CO)[C@@H]3O[C@@H](O[C@H](CO)[C@@H]4O[C@@H](O)[C@H](O)[C@H]4O)[C@H](O)[C@H]3O)[C@H](O)[C@H]2O)[C@H](O)[C@H]1O. The van der Waals surface area contributed by atoms with Gasteiger partial charge in [0.15, 0.2) is 25.2 Å². The third kappa shape index (κ3) is 7.44. The average Bonchev–Trinajstić information content (AvgIpc) is 3.67. The molecule has 0 aromatic heterocycles. The highest BCUT2D eigenvalue weighted by Crippen LogP contribution is 2.34. The van der Waals surface area contributed by atoms with Crippen LogP contribution < -0.4 is 0 Å². The number of hydrogen-bond acceptors (Lipinski definition) is 21. The van der Waals surface area contributed by atoms with E-state index < -0.39 is 149 Å². The minimum absolute atomic E-state index is 0.816. The van der Waals surface area contributed by atoms with Gasteiger partial charge in [-0.1, -0.05) is 0 Å². The first-order valence-electron chi connectivity index (χ1n) is 14.1. The molecule has 0 saturated carbocycles. The second-order valence-corrected chi connectivity index (χ2v) is 11.1. The van der Waals surface area contributed by atoms with Gasteiger partial charge in [-0.3, -0.25) is 0 Å². The van der Waals surface area contributed by atoms with E-state index in [1.807, 2.05) is 0 Å². The van der Waals surface area contributed by atoms with Crippen LogP contribution in [0.15, 0.2) is 0 Å². The second-order valence-electron chi connectivity index (χ2n) is 11.1. The summed E-state index contributed by atoms with van der Waals surface area (Å²) >= 11 is 0. The van der Waals surface area contributed by atoms with Gasteiger partial charge in [0.2, 0.25) is 0 Å². The predicted molar refractivity (Wildman–Crippen MR) is 134 cm³/mol.